The molecule has 2 unspecified atom stereocenters. The summed E-state index contributed by atoms with van der Waals surface area (Å²) in [5.74, 6) is 1.11. The Labute approximate surface area is 91.2 Å². The highest BCUT2D eigenvalue weighted by Gasteiger charge is 2.51. The van der Waals surface area contributed by atoms with E-state index in [-0.39, 0.29) is 5.66 Å². The second kappa shape index (κ2) is 3.48. The number of carbonyl (C=O) groups is 1. The number of rotatable bonds is 0. The van der Waals surface area contributed by atoms with E-state index in [1.54, 1.807) is 0 Å². The highest BCUT2D eigenvalue weighted by molar-refractivity contribution is 5.78. The molecule has 0 aromatic rings. The fourth-order valence-electron chi connectivity index (χ4n) is 3.84. The van der Waals surface area contributed by atoms with Crippen LogP contribution in [-0.2, 0) is 4.79 Å². The van der Waals surface area contributed by atoms with Crippen molar-refractivity contribution in [3.05, 3.63) is 0 Å². The van der Waals surface area contributed by atoms with Gasteiger partial charge >= 0.3 is 0 Å². The van der Waals surface area contributed by atoms with Gasteiger partial charge in [0.1, 0.15) is 0 Å². The van der Waals surface area contributed by atoms with E-state index in [4.69, 9.17) is 0 Å². The van der Waals surface area contributed by atoms with Gasteiger partial charge < -0.3 is 4.90 Å². The Bertz CT molecular complexity index is 279. The molecule has 1 amide bonds. The van der Waals surface area contributed by atoms with Gasteiger partial charge in [-0.05, 0) is 31.6 Å². The van der Waals surface area contributed by atoms with Gasteiger partial charge in [-0.15, -0.1) is 0 Å². The summed E-state index contributed by atoms with van der Waals surface area (Å²) in [6, 6.07) is 0. The molecule has 0 aromatic carbocycles. The number of nitrogens with one attached hydrogen (secondary N) is 1. The Kier molecular flexibility index (Phi) is 2.23. The quantitative estimate of drug-likeness (QED) is 0.654. The third kappa shape index (κ3) is 1.32. The van der Waals surface area contributed by atoms with Gasteiger partial charge in [-0.25, -0.2) is 0 Å². The van der Waals surface area contributed by atoms with Crippen molar-refractivity contribution in [2.75, 3.05) is 13.1 Å². The zero-order chi connectivity index (χ0) is 10.3. The zero-order valence-electron chi connectivity index (χ0n) is 9.30. The van der Waals surface area contributed by atoms with Gasteiger partial charge in [-0.2, -0.15) is 0 Å². The lowest BCUT2D eigenvalue weighted by molar-refractivity contribution is -0.144. The van der Waals surface area contributed by atoms with E-state index in [0.717, 1.165) is 31.8 Å². The second-order valence-corrected chi connectivity index (χ2v) is 5.23. The van der Waals surface area contributed by atoms with Crippen LogP contribution in [0.15, 0.2) is 0 Å². The minimum atomic E-state index is 0.0752. The predicted octanol–water partition coefficient (Wildman–Crippen LogP) is 1.49. The van der Waals surface area contributed by atoms with Crippen LogP contribution in [0.5, 0.6) is 0 Å². The molecule has 3 rings (SSSR count). The van der Waals surface area contributed by atoms with Crippen LogP contribution < -0.4 is 5.32 Å². The van der Waals surface area contributed by atoms with E-state index in [0.29, 0.717) is 5.91 Å². The molecule has 0 radical (unpaired) electrons. The summed E-state index contributed by atoms with van der Waals surface area (Å²) in [6.45, 7) is 1.94. The number of hydrogen-bond acceptors (Lipinski definition) is 2. The first kappa shape index (κ1) is 9.64. The van der Waals surface area contributed by atoms with E-state index in [2.05, 4.69) is 10.2 Å². The van der Waals surface area contributed by atoms with E-state index < -0.39 is 0 Å². The lowest BCUT2D eigenvalue weighted by atomic mass is 9.80. The molecule has 2 saturated heterocycles. The predicted molar refractivity (Wildman–Crippen MR) is 58.3 cm³/mol. The average molecular weight is 208 g/mol. The number of nitrogens with zero attached hydrogens (tertiary/aromatic N) is 1. The number of carbonyl (C=O) groups excluding carboxylic acids is 1. The second-order valence-electron chi connectivity index (χ2n) is 5.23. The summed E-state index contributed by atoms with van der Waals surface area (Å²) in [4.78, 5) is 14.1. The van der Waals surface area contributed by atoms with Crippen molar-refractivity contribution in [3.63, 3.8) is 0 Å². The molecular formula is C12H20N2O. The summed E-state index contributed by atoms with van der Waals surface area (Å²) >= 11 is 0. The molecule has 1 aliphatic carbocycles. The average Bonchev–Trinajstić information content (AvgIpc) is 2.55. The molecular weight excluding hydrogens is 188 g/mol. The highest BCUT2D eigenvalue weighted by Crippen LogP contribution is 2.43. The molecule has 2 atom stereocenters. The van der Waals surface area contributed by atoms with Crippen LogP contribution >= 0.6 is 0 Å². The molecule has 1 N–H and O–H groups in total. The number of amides is 1. The van der Waals surface area contributed by atoms with Crippen LogP contribution in [0.2, 0.25) is 0 Å². The minimum absolute atomic E-state index is 0.0752. The summed E-state index contributed by atoms with van der Waals surface area (Å²) in [5.41, 5.74) is 0.0752. The van der Waals surface area contributed by atoms with Crippen molar-refractivity contribution in [2.24, 2.45) is 5.92 Å². The highest BCUT2D eigenvalue weighted by atomic mass is 16.2. The smallest absolute Gasteiger partial charge is 0.224 e. The van der Waals surface area contributed by atoms with E-state index in [9.17, 15) is 4.79 Å². The van der Waals surface area contributed by atoms with Crippen LogP contribution in [0.4, 0.5) is 0 Å². The topological polar surface area (TPSA) is 32.3 Å². The first-order chi connectivity index (χ1) is 7.33. The molecule has 1 saturated carbocycles. The van der Waals surface area contributed by atoms with Gasteiger partial charge in [0.2, 0.25) is 5.91 Å². The Hall–Kier alpha value is -0.570. The summed E-state index contributed by atoms with van der Waals surface area (Å²) in [5, 5.41) is 3.65. The molecule has 15 heavy (non-hydrogen) atoms. The first-order valence-electron chi connectivity index (χ1n) is 6.38. The van der Waals surface area contributed by atoms with Crippen LogP contribution in [0, 0.1) is 5.92 Å². The summed E-state index contributed by atoms with van der Waals surface area (Å²) < 4.78 is 0. The molecule has 3 aliphatic rings. The Morgan fingerprint density at radius 2 is 2.20 bits per heavy atom. The van der Waals surface area contributed by atoms with Gasteiger partial charge in [0.25, 0.3) is 0 Å². The molecule has 1 spiro atoms. The zero-order valence-corrected chi connectivity index (χ0v) is 9.30. The molecule has 2 aliphatic heterocycles. The molecule has 0 bridgehead atoms. The Morgan fingerprint density at radius 1 is 1.27 bits per heavy atom. The van der Waals surface area contributed by atoms with Gasteiger partial charge in [0.05, 0.1) is 5.66 Å². The fourth-order valence-corrected chi connectivity index (χ4v) is 3.84. The van der Waals surface area contributed by atoms with Gasteiger partial charge in [-0.1, -0.05) is 12.8 Å². The normalized spacial score (nSPS) is 40.9. The SMILES string of the molecule is O=C1CCC2CCCCCC23NCCN13. The van der Waals surface area contributed by atoms with Crippen molar-refractivity contribution < 1.29 is 4.79 Å². The van der Waals surface area contributed by atoms with Gasteiger partial charge in [-0.3, -0.25) is 10.1 Å². The van der Waals surface area contributed by atoms with Crippen LogP contribution in [0.25, 0.3) is 0 Å². The van der Waals surface area contributed by atoms with Crippen molar-refractivity contribution in [3.8, 4) is 0 Å². The Morgan fingerprint density at radius 3 is 3.13 bits per heavy atom. The fraction of sp³-hybridized carbons (Fsp3) is 0.917. The van der Waals surface area contributed by atoms with E-state index >= 15 is 0 Å². The number of hydrogen-bond donors (Lipinski definition) is 1. The Balaban J connectivity index is 1.94. The first-order valence-corrected chi connectivity index (χ1v) is 6.38. The van der Waals surface area contributed by atoms with Crippen molar-refractivity contribution >= 4 is 5.91 Å². The van der Waals surface area contributed by atoms with Crippen LogP contribution in [0.3, 0.4) is 0 Å². The summed E-state index contributed by atoms with van der Waals surface area (Å²) in [7, 11) is 0. The molecule has 0 aromatic heterocycles. The van der Waals surface area contributed by atoms with Crippen molar-refractivity contribution in [1.82, 2.24) is 10.2 Å². The molecule has 3 heteroatoms. The lowest BCUT2D eigenvalue weighted by Crippen LogP contribution is -2.61. The van der Waals surface area contributed by atoms with E-state index in [1.165, 1.54) is 32.1 Å². The minimum Gasteiger partial charge on any atom is -0.323 e. The molecule has 3 nitrogen and oxygen atoms in total. The monoisotopic (exact) mass is 208 g/mol. The van der Waals surface area contributed by atoms with Crippen LogP contribution in [0.1, 0.15) is 44.9 Å². The largest absolute Gasteiger partial charge is 0.323 e. The molecule has 84 valence electrons. The summed E-state index contributed by atoms with van der Waals surface area (Å²) in [6.07, 6.45) is 8.39. The maximum Gasteiger partial charge on any atom is 0.224 e. The molecule has 3 fully saturated rings. The molecule has 2 heterocycles. The maximum atomic E-state index is 11.9. The third-order valence-corrected chi connectivity index (χ3v) is 4.54. The lowest BCUT2D eigenvalue weighted by Gasteiger charge is -2.47. The number of piperidine rings is 1. The maximum absolute atomic E-state index is 11.9. The third-order valence-electron chi connectivity index (χ3n) is 4.54. The van der Waals surface area contributed by atoms with Crippen LogP contribution in [-0.4, -0.2) is 29.6 Å². The van der Waals surface area contributed by atoms with Crippen molar-refractivity contribution in [1.29, 1.82) is 0 Å². The standard InChI is InChI=1S/C12H20N2O/c15-11-6-5-10-4-2-1-3-7-12(10)13-8-9-14(11)12/h10,13H,1-9H2. The van der Waals surface area contributed by atoms with Gasteiger partial charge in [0.15, 0.2) is 0 Å². The van der Waals surface area contributed by atoms with Crippen molar-refractivity contribution in [2.45, 2.75) is 50.6 Å². The van der Waals surface area contributed by atoms with E-state index in [1.807, 2.05) is 0 Å². The van der Waals surface area contributed by atoms with Gasteiger partial charge in [0, 0.05) is 19.5 Å².